The van der Waals surface area contributed by atoms with Gasteiger partial charge in [-0.15, -0.1) is 0 Å². The molecule has 0 saturated heterocycles. The van der Waals surface area contributed by atoms with E-state index in [1.165, 1.54) is 12.1 Å². The molecule has 0 atom stereocenters. The number of aromatic amines is 2. The molecule has 9 heteroatoms. The third-order valence-corrected chi connectivity index (χ3v) is 3.50. The number of halogens is 1. The van der Waals surface area contributed by atoms with Crippen LogP contribution in [0.1, 0.15) is 16.1 Å². The number of carboxylic acid groups (broad SMARTS) is 1. The predicted molar refractivity (Wildman–Crippen MR) is 84.9 cm³/mol. The first kappa shape index (κ1) is 16.4. The quantitative estimate of drug-likeness (QED) is 0.580. The van der Waals surface area contributed by atoms with E-state index >= 15 is 0 Å². The van der Waals surface area contributed by atoms with Crippen LogP contribution >= 0.6 is 15.9 Å². The van der Waals surface area contributed by atoms with Crippen LogP contribution in [0.25, 0.3) is 6.08 Å². The highest BCUT2D eigenvalue weighted by Gasteiger charge is 2.15. The number of amides is 1. The van der Waals surface area contributed by atoms with E-state index in [0.29, 0.717) is 0 Å². The van der Waals surface area contributed by atoms with E-state index in [9.17, 15) is 24.3 Å². The number of rotatable bonds is 4. The van der Waals surface area contributed by atoms with Gasteiger partial charge in [0.25, 0.3) is 11.5 Å². The molecular weight excluding hydrogens is 370 g/mol. The molecule has 8 nitrogen and oxygen atoms in total. The number of H-pyrrole nitrogens is 2. The van der Waals surface area contributed by atoms with Crippen molar-refractivity contribution in [3.63, 3.8) is 0 Å². The van der Waals surface area contributed by atoms with E-state index < -0.39 is 28.8 Å². The fourth-order valence-electron chi connectivity index (χ4n) is 1.67. The number of carboxylic acids is 1. The molecule has 0 aliphatic carbocycles. The third-order valence-electron chi connectivity index (χ3n) is 2.71. The Labute approximate surface area is 137 Å². The zero-order valence-electron chi connectivity index (χ0n) is 11.4. The lowest BCUT2D eigenvalue weighted by Gasteiger charge is -2.06. The Morgan fingerprint density at radius 2 is 1.78 bits per heavy atom. The smallest absolute Gasteiger partial charge is 0.352 e. The number of aromatic nitrogens is 2. The highest BCUT2D eigenvalue weighted by molar-refractivity contribution is 9.10. The Bertz CT molecular complexity index is 899. The monoisotopic (exact) mass is 379 g/mol. The van der Waals surface area contributed by atoms with Crippen molar-refractivity contribution in [2.45, 2.75) is 0 Å². The molecular formula is C14H10BrN3O5. The topological polar surface area (TPSA) is 132 Å². The van der Waals surface area contributed by atoms with Gasteiger partial charge in [0, 0.05) is 5.56 Å². The van der Waals surface area contributed by atoms with Gasteiger partial charge in [-0.05, 0) is 34.1 Å². The molecule has 1 heterocycles. The fraction of sp³-hybridized carbons (Fsp3) is 0. The zero-order valence-corrected chi connectivity index (χ0v) is 13.0. The maximum absolute atomic E-state index is 12.0. The van der Waals surface area contributed by atoms with Crippen LogP contribution in [-0.4, -0.2) is 27.0 Å². The van der Waals surface area contributed by atoms with E-state index in [-0.39, 0.29) is 15.7 Å². The summed E-state index contributed by atoms with van der Waals surface area (Å²) in [4.78, 5) is 50.2. The summed E-state index contributed by atoms with van der Waals surface area (Å²) in [6.45, 7) is 0. The van der Waals surface area contributed by atoms with Gasteiger partial charge in [0.15, 0.2) is 0 Å². The summed E-state index contributed by atoms with van der Waals surface area (Å²) in [7, 11) is 0. The molecule has 0 radical (unpaired) electrons. The van der Waals surface area contributed by atoms with Crippen molar-refractivity contribution < 1.29 is 14.7 Å². The molecule has 0 saturated carbocycles. The zero-order chi connectivity index (χ0) is 17.0. The molecule has 118 valence electrons. The van der Waals surface area contributed by atoms with Gasteiger partial charge >= 0.3 is 11.7 Å². The standard InChI is InChI=1S/C14H10BrN3O5/c15-10-8(17-14(23)18-12(10)20)6-9(13(21)22)16-11(19)7-4-2-1-3-5-7/h1-6H,(H,16,19)(H,21,22)(H2,17,18,20,23)/b9-6+. The van der Waals surface area contributed by atoms with Crippen molar-refractivity contribution in [3.8, 4) is 0 Å². The van der Waals surface area contributed by atoms with Gasteiger partial charge in [-0.25, -0.2) is 9.59 Å². The second-order valence-electron chi connectivity index (χ2n) is 4.32. The normalized spacial score (nSPS) is 11.1. The number of nitrogens with one attached hydrogen (secondary N) is 3. The first-order valence-electron chi connectivity index (χ1n) is 6.22. The molecule has 0 unspecified atom stereocenters. The summed E-state index contributed by atoms with van der Waals surface area (Å²) in [6, 6.07) is 8.00. The molecule has 1 amide bonds. The molecule has 1 aromatic heterocycles. The highest BCUT2D eigenvalue weighted by Crippen LogP contribution is 2.11. The summed E-state index contributed by atoms with van der Waals surface area (Å²) in [5.41, 5.74) is -1.84. The molecule has 2 aromatic rings. The minimum absolute atomic E-state index is 0.0650. The van der Waals surface area contributed by atoms with Gasteiger partial charge in [-0.1, -0.05) is 18.2 Å². The lowest BCUT2D eigenvalue weighted by Crippen LogP contribution is -2.28. The van der Waals surface area contributed by atoms with Gasteiger partial charge in [0.1, 0.15) is 10.2 Å². The van der Waals surface area contributed by atoms with E-state index in [2.05, 4.69) is 26.2 Å². The Morgan fingerprint density at radius 3 is 2.39 bits per heavy atom. The van der Waals surface area contributed by atoms with Crippen molar-refractivity contribution in [1.29, 1.82) is 0 Å². The molecule has 4 N–H and O–H groups in total. The van der Waals surface area contributed by atoms with Crippen LogP contribution in [0.3, 0.4) is 0 Å². The van der Waals surface area contributed by atoms with Crippen LogP contribution in [0.2, 0.25) is 0 Å². The summed E-state index contributed by atoms with van der Waals surface area (Å²) in [6.07, 6.45) is 0.976. The SMILES string of the molecule is O=C(O)/C(=C\c1[nH]c(=O)[nH]c(=O)c1Br)NC(=O)c1ccccc1. The van der Waals surface area contributed by atoms with Crippen LogP contribution in [0.15, 0.2) is 50.1 Å². The summed E-state index contributed by atoms with van der Waals surface area (Å²) in [5.74, 6) is -2.06. The average molecular weight is 380 g/mol. The first-order chi connectivity index (χ1) is 10.9. The largest absolute Gasteiger partial charge is 0.477 e. The molecule has 0 bridgehead atoms. The predicted octanol–water partition coefficient (Wildman–Crippen LogP) is 0.681. The van der Waals surface area contributed by atoms with Gasteiger partial charge in [-0.3, -0.25) is 14.6 Å². The van der Waals surface area contributed by atoms with Gasteiger partial charge in [-0.2, -0.15) is 0 Å². The van der Waals surface area contributed by atoms with Crippen molar-refractivity contribution >= 4 is 33.9 Å². The molecule has 0 spiro atoms. The van der Waals surface area contributed by atoms with Crippen LogP contribution in [0, 0.1) is 0 Å². The van der Waals surface area contributed by atoms with Gasteiger partial charge in [0.2, 0.25) is 0 Å². The molecule has 0 aliphatic rings. The van der Waals surface area contributed by atoms with Crippen LogP contribution in [0.4, 0.5) is 0 Å². The van der Waals surface area contributed by atoms with Crippen molar-refractivity contribution in [1.82, 2.24) is 15.3 Å². The minimum Gasteiger partial charge on any atom is -0.477 e. The third kappa shape index (κ3) is 4.04. The van der Waals surface area contributed by atoms with E-state index in [0.717, 1.165) is 6.08 Å². The number of carbonyl (C=O) groups excluding carboxylic acids is 1. The van der Waals surface area contributed by atoms with Crippen molar-refractivity contribution in [2.75, 3.05) is 0 Å². The van der Waals surface area contributed by atoms with Crippen LogP contribution in [0.5, 0.6) is 0 Å². The molecule has 2 rings (SSSR count). The Morgan fingerprint density at radius 1 is 1.13 bits per heavy atom. The van der Waals surface area contributed by atoms with E-state index in [1.54, 1.807) is 18.2 Å². The molecule has 0 fully saturated rings. The summed E-state index contributed by atoms with van der Waals surface area (Å²) < 4.78 is -0.0650. The highest BCUT2D eigenvalue weighted by atomic mass is 79.9. The second kappa shape index (κ2) is 6.88. The number of aliphatic carboxylic acids is 1. The van der Waals surface area contributed by atoms with Crippen LogP contribution < -0.4 is 16.6 Å². The summed E-state index contributed by atoms with van der Waals surface area (Å²) >= 11 is 2.94. The number of hydrogen-bond acceptors (Lipinski definition) is 4. The summed E-state index contributed by atoms with van der Waals surface area (Å²) in [5, 5.41) is 11.4. The minimum atomic E-state index is -1.43. The number of hydrogen-bond donors (Lipinski definition) is 4. The molecule has 0 aliphatic heterocycles. The lowest BCUT2D eigenvalue weighted by atomic mass is 10.2. The van der Waals surface area contributed by atoms with E-state index in [1.807, 2.05) is 4.98 Å². The Balaban J connectivity index is 2.40. The fourth-order valence-corrected chi connectivity index (χ4v) is 1.98. The van der Waals surface area contributed by atoms with Crippen molar-refractivity contribution in [2.24, 2.45) is 0 Å². The lowest BCUT2D eigenvalue weighted by molar-refractivity contribution is -0.132. The van der Waals surface area contributed by atoms with Gasteiger partial charge in [0.05, 0.1) is 5.69 Å². The molecule has 23 heavy (non-hydrogen) atoms. The molecule has 1 aromatic carbocycles. The first-order valence-corrected chi connectivity index (χ1v) is 7.01. The number of carbonyl (C=O) groups is 2. The van der Waals surface area contributed by atoms with Gasteiger partial charge < -0.3 is 15.4 Å². The average Bonchev–Trinajstić information content (AvgIpc) is 2.52. The van der Waals surface area contributed by atoms with E-state index in [4.69, 9.17) is 0 Å². The van der Waals surface area contributed by atoms with Crippen LogP contribution in [-0.2, 0) is 4.79 Å². The Hall–Kier alpha value is -2.94. The maximum atomic E-state index is 12.0. The Kier molecular flexibility index (Phi) is 4.91. The number of benzene rings is 1. The van der Waals surface area contributed by atoms with Crippen molar-refractivity contribution in [3.05, 3.63) is 72.6 Å². The maximum Gasteiger partial charge on any atom is 0.352 e. The second-order valence-corrected chi connectivity index (χ2v) is 5.11.